The molecule has 1 aliphatic heterocycles. The standard InChI is InChI=1S/C20H21FN4O2/c1-22-20(27)24-8-6-13(7-9-24)14-2-5-18-15(10-14)12-23-25(18)16-3-4-17(21)19(26)11-16/h2-5,10-13,26H,6-9H2,1H3,(H,22,27). The maximum Gasteiger partial charge on any atom is 0.317 e. The topological polar surface area (TPSA) is 70.4 Å². The second-order valence-corrected chi connectivity index (χ2v) is 6.83. The van der Waals surface area contributed by atoms with Gasteiger partial charge < -0.3 is 15.3 Å². The number of piperidine rings is 1. The maximum atomic E-state index is 13.3. The number of phenolic OH excluding ortho intramolecular Hbond substituents is 1. The van der Waals surface area contributed by atoms with Gasteiger partial charge in [-0.2, -0.15) is 5.10 Å². The molecule has 0 bridgehead atoms. The molecule has 0 spiro atoms. The third kappa shape index (κ3) is 3.20. The highest BCUT2D eigenvalue weighted by atomic mass is 19.1. The van der Waals surface area contributed by atoms with Crippen LogP contribution >= 0.6 is 0 Å². The van der Waals surface area contributed by atoms with Crippen molar-refractivity contribution < 1.29 is 14.3 Å². The molecule has 0 saturated carbocycles. The number of benzene rings is 2. The van der Waals surface area contributed by atoms with Gasteiger partial charge in [0.15, 0.2) is 11.6 Å². The number of amides is 2. The van der Waals surface area contributed by atoms with Gasteiger partial charge in [0.2, 0.25) is 0 Å². The summed E-state index contributed by atoms with van der Waals surface area (Å²) in [5, 5.41) is 17.7. The molecule has 1 saturated heterocycles. The summed E-state index contributed by atoms with van der Waals surface area (Å²) in [6, 6.07) is 10.4. The Bertz CT molecular complexity index is 993. The highest BCUT2D eigenvalue weighted by Crippen LogP contribution is 2.31. The van der Waals surface area contributed by atoms with E-state index in [0.29, 0.717) is 11.6 Å². The van der Waals surface area contributed by atoms with E-state index in [1.54, 1.807) is 24.0 Å². The van der Waals surface area contributed by atoms with E-state index in [0.717, 1.165) is 36.8 Å². The number of likely N-dealkylation sites (tertiary alicyclic amines) is 1. The molecule has 0 unspecified atom stereocenters. The van der Waals surface area contributed by atoms with Crippen LogP contribution in [0.15, 0.2) is 42.6 Å². The van der Waals surface area contributed by atoms with Crippen molar-refractivity contribution in [2.45, 2.75) is 18.8 Å². The molecule has 2 heterocycles. The number of nitrogens with zero attached hydrogens (tertiary/aromatic N) is 3. The maximum absolute atomic E-state index is 13.3. The molecule has 4 rings (SSSR count). The van der Waals surface area contributed by atoms with Gasteiger partial charge in [-0.3, -0.25) is 0 Å². The van der Waals surface area contributed by atoms with E-state index in [4.69, 9.17) is 0 Å². The van der Waals surface area contributed by atoms with Crippen molar-refractivity contribution in [1.82, 2.24) is 20.0 Å². The van der Waals surface area contributed by atoms with Gasteiger partial charge in [0.05, 0.1) is 17.4 Å². The minimum Gasteiger partial charge on any atom is -0.505 e. The highest BCUT2D eigenvalue weighted by molar-refractivity contribution is 5.81. The van der Waals surface area contributed by atoms with Crippen molar-refractivity contribution in [2.75, 3.05) is 20.1 Å². The molecule has 0 radical (unpaired) electrons. The zero-order valence-corrected chi connectivity index (χ0v) is 15.0. The van der Waals surface area contributed by atoms with Crippen LogP contribution in [0.25, 0.3) is 16.6 Å². The number of aromatic nitrogens is 2. The van der Waals surface area contributed by atoms with E-state index >= 15 is 0 Å². The summed E-state index contributed by atoms with van der Waals surface area (Å²) in [6.07, 6.45) is 3.64. The quantitative estimate of drug-likeness (QED) is 0.728. The SMILES string of the molecule is CNC(=O)N1CCC(c2ccc3c(cnn3-c3ccc(F)c(O)c3)c2)CC1. The van der Waals surface area contributed by atoms with Crippen molar-refractivity contribution in [3.05, 3.63) is 54.0 Å². The first-order valence-electron chi connectivity index (χ1n) is 9.00. The lowest BCUT2D eigenvalue weighted by Gasteiger charge is -2.31. The van der Waals surface area contributed by atoms with Gasteiger partial charge in [-0.15, -0.1) is 0 Å². The Morgan fingerprint density at radius 3 is 2.70 bits per heavy atom. The van der Waals surface area contributed by atoms with Crippen LogP contribution in [0.1, 0.15) is 24.3 Å². The van der Waals surface area contributed by atoms with E-state index < -0.39 is 11.6 Å². The average molecular weight is 368 g/mol. The fourth-order valence-corrected chi connectivity index (χ4v) is 3.72. The molecule has 2 aromatic carbocycles. The number of hydrogen-bond donors (Lipinski definition) is 2. The summed E-state index contributed by atoms with van der Waals surface area (Å²) in [5.41, 5.74) is 2.74. The van der Waals surface area contributed by atoms with Gasteiger partial charge in [0.25, 0.3) is 0 Å². The number of rotatable bonds is 2. The lowest BCUT2D eigenvalue weighted by molar-refractivity contribution is 0.183. The normalized spacial score (nSPS) is 15.3. The Morgan fingerprint density at radius 1 is 1.22 bits per heavy atom. The predicted molar refractivity (Wildman–Crippen MR) is 101 cm³/mol. The predicted octanol–water partition coefficient (Wildman–Crippen LogP) is 3.39. The Kier molecular flexibility index (Phi) is 4.43. The van der Waals surface area contributed by atoms with Crippen LogP contribution in [-0.2, 0) is 0 Å². The van der Waals surface area contributed by atoms with Gasteiger partial charge in [-0.25, -0.2) is 13.9 Å². The Balaban J connectivity index is 1.58. The lowest BCUT2D eigenvalue weighted by Crippen LogP contribution is -2.42. The zero-order chi connectivity index (χ0) is 19.0. The first-order valence-corrected chi connectivity index (χ1v) is 9.00. The average Bonchev–Trinajstić information content (AvgIpc) is 3.13. The van der Waals surface area contributed by atoms with Crippen LogP contribution in [0.5, 0.6) is 5.75 Å². The summed E-state index contributed by atoms with van der Waals surface area (Å²) in [5.74, 6) is -0.634. The number of phenols is 1. The smallest absolute Gasteiger partial charge is 0.317 e. The molecule has 2 amide bonds. The monoisotopic (exact) mass is 368 g/mol. The molecule has 1 aromatic heterocycles. The molecular weight excluding hydrogens is 347 g/mol. The number of halogens is 1. The highest BCUT2D eigenvalue weighted by Gasteiger charge is 2.23. The minimum absolute atomic E-state index is 0.0206. The van der Waals surface area contributed by atoms with Gasteiger partial charge in [0.1, 0.15) is 0 Å². The fraction of sp³-hybridized carbons (Fsp3) is 0.300. The first kappa shape index (κ1) is 17.3. The van der Waals surface area contributed by atoms with Crippen molar-refractivity contribution >= 4 is 16.9 Å². The largest absolute Gasteiger partial charge is 0.505 e. The van der Waals surface area contributed by atoms with Crippen molar-refractivity contribution in [1.29, 1.82) is 0 Å². The van der Waals surface area contributed by atoms with Crippen LogP contribution in [0.4, 0.5) is 9.18 Å². The Morgan fingerprint density at radius 2 is 2.00 bits per heavy atom. The number of fused-ring (bicyclic) bond motifs is 1. The van der Waals surface area contributed by atoms with Gasteiger partial charge in [-0.1, -0.05) is 6.07 Å². The summed E-state index contributed by atoms with van der Waals surface area (Å²) in [7, 11) is 1.65. The number of carbonyl (C=O) groups is 1. The lowest BCUT2D eigenvalue weighted by atomic mass is 9.89. The molecule has 0 aliphatic carbocycles. The molecule has 2 N–H and O–H groups in total. The Labute approximate surface area is 156 Å². The molecule has 140 valence electrons. The van der Waals surface area contributed by atoms with Crippen molar-refractivity contribution in [3.8, 4) is 11.4 Å². The van der Waals surface area contributed by atoms with Crippen LogP contribution < -0.4 is 5.32 Å². The second kappa shape index (κ2) is 6.90. The zero-order valence-electron chi connectivity index (χ0n) is 15.0. The third-order valence-corrected chi connectivity index (χ3v) is 5.23. The summed E-state index contributed by atoms with van der Waals surface area (Å²) >= 11 is 0. The van der Waals surface area contributed by atoms with Crippen LogP contribution in [0.2, 0.25) is 0 Å². The fourth-order valence-electron chi connectivity index (χ4n) is 3.72. The first-order chi connectivity index (χ1) is 13.1. The molecule has 3 aromatic rings. The molecule has 1 aliphatic rings. The summed E-state index contributed by atoms with van der Waals surface area (Å²) in [4.78, 5) is 13.6. The molecule has 1 fully saturated rings. The van der Waals surface area contributed by atoms with E-state index in [-0.39, 0.29) is 6.03 Å². The molecule has 7 heteroatoms. The summed E-state index contributed by atoms with van der Waals surface area (Å²) < 4.78 is 15.0. The minimum atomic E-state index is -0.652. The number of nitrogens with one attached hydrogen (secondary N) is 1. The molecular formula is C20H21FN4O2. The Hall–Kier alpha value is -3.09. The number of aromatic hydroxyl groups is 1. The van der Waals surface area contributed by atoms with Crippen LogP contribution in [0, 0.1) is 5.82 Å². The van der Waals surface area contributed by atoms with Crippen LogP contribution in [-0.4, -0.2) is 46.0 Å². The van der Waals surface area contributed by atoms with E-state index in [1.165, 1.54) is 17.7 Å². The van der Waals surface area contributed by atoms with Gasteiger partial charge >= 0.3 is 6.03 Å². The second-order valence-electron chi connectivity index (χ2n) is 6.83. The number of carbonyl (C=O) groups excluding carboxylic acids is 1. The van der Waals surface area contributed by atoms with E-state index in [2.05, 4.69) is 22.5 Å². The summed E-state index contributed by atoms with van der Waals surface area (Å²) in [6.45, 7) is 1.49. The van der Waals surface area contributed by atoms with E-state index in [9.17, 15) is 14.3 Å². The van der Waals surface area contributed by atoms with Gasteiger partial charge in [-0.05, 0) is 48.6 Å². The van der Waals surface area contributed by atoms with Crippen molar-refractivity contribution in [2.24, 2.45) is 0 Å². The third-order valence-electron chi connectivity index (χ3n) is 5.23. The van der Waals surface area contributed by atoms with Gasteiger partial charge in [0, 0.05) is 31.6 Å². The van der Waals surface area contributed by atoms with Crippen molar-refractivity contribution in [3.63, 3.8) is 0 Å². The van der Waals surface area contributed by atoms with E-state index in [1.807, 2.05) is 11.0 Å². The molecule has 27 heavy (non-hydrogen) atoms. The van der Waals surface area contributed by atoms with Crippen LogP contribution in [0.3, 0.4) is 0 Å². The number of urea groups is 1. The molecule has 6 nitrogen and oxygen atoms in total. The number of hydrogen-bond acceptors (Lipinski definition) is 3. The molecule has 0 atom stereocenters.